The van der Waals surface area contributed by atoms with Crippen LogP contribution in [0, 0.1) is 17.2 Å². The lowest BCUT2D eigenvalue weighted by Crippen LogP contribution is -2.30. The molecule has 0 fully saturated rings. The average Bonchev–Trinajstić information content (AvgIpc) is 2.58. The fraction of sp³-hybridized carbons (Fsp3) is 0.278. The topological polar surface area (TPSA) is 44.0 Å². The summed E-state index contributed by atoms with van der Waals surface area (Å²) in [5.41, 5.74) is -0.541. The minimum atomic E-state index is -1.29. The quantitative estimate of drug-likeness (QED) is 0.859. The smallest absolute Gasteiger partial charge is 0.125 e. The van der Waals surface area contributed by atoms with E-state index in [4.69, 9.17) is 0 Å². The summed E-state index contributed by atoms with van der Waals surface area (Å²) in [5.74, 6) is -0.539. The normalized spacial score (nSPS) is 14.9. The van der Waals surface area contributed by atoms with E-state index < -0.39 is 11.5 Å². The fourth-order valence-electron chi connectivity index (χ4n) is 2.38. The van der Waals surface area contributed by atoms with Gasteiger partial charge >= 0.3 is 0 Å². The number of benzene rings is 2. The van der Waals surface area contributed by atoms with E-state index in [-0.39, 0.29) is 0 Å². The van der Waals surface area contributed by atoms with Gasteiger partial charge < -0.3 is 5.11 Å². The highest BCUT2D eigenvalue weighted by atomic mass is 32.2. The van der Waals surface area contributed by atoms with E-state index >= 15 is 0 Å². The highest BCUT2D eigenvalue weighted by Crippen LogP contribution is 2.37. The average molecular weight is 329 g/mol. The molecule has 0 bridgehead atoms. The van der Waals surface area contributed by atoms with Crippen molar-refractivity contribution in [2.75, 3.05) is 12.5 Å². The number of fused-ring (bicyclic) bond motifs is 1. The van der Waals surface area contributed by atoms with Crippen LogP contribution in [0.5, 0.6) is 0 Å². The second kappa shape index (κ2) is 7.23. The molecule has 0 aliphatic carbocycles. The van der Waals surface area contributed by atoms with E-state index in [2.05, 4.69) is 6.07 Å². The third kappa shape index (κ3) is 3.33. The van der Waals surface area contributed by atoms with Crippen molar-refractivity contribution in [3.05, 3.63) is 58.3 Å². The molecule has 2 aromatic carbocycles. The molecule has 0 saturated carbocycles. The Balaban J connectivity index is 2.61. The molecule has 4 heteroatoms. The van der Waals surface area contributed by atoms with Gasteiger partial charge in [-0.25, -0.2) is 0 Å². The van der Waals surface area contributed by atoms with Gasteiger partial charge in [0.15, 0.2) is 0 Å². The maximum Gasteiger partial charge on any atom is 0.125 e. The summed E-state index contributed by atoms with van der Waals surface area (Å²) in [6.45, 7) is 1.75. The van der Waals surface area contributed by atoms with Gasteiger partial charge in [-0.3, -0.25) is 0 Å². The zero-order chi connectivity index (χ0) is 16.2. The summed E-state index contributed by atoms with van der Waals surface area (Å²) in [5, 5.41) is 22.8. The molecular formula is C18H19NOS2. The van der Waals surface area contributed by atoms with Gasteiger partial charge in [0.05, 0.1) is 12.0 Å². The lowest BCUT2D eigenvalue weighted by molar-refractivity contribution is 0.0549. The van der Waals surface area contributed by atoms with Crippen LogP contribution in [-0.4, -0.2) is 17.6 Å². The number of aliphatic hydroxyl groups is 1. The summed E-state index contributed by atoms with van der Waals surface area (Å²) < 4.78 is 0.998. The largest absolute Gasteiger partial charge is 0.380 e. The SMILES string of the molecule is CSC(=CC(O)(c1ccc2ccccc2c1)C(C)C#N)SC. The van der Waals surface area contributed by atoms with Gasteiger partial charge in [-0.1, -0.05) is 36.4 Å². The molecule has 0 spiro atoms. The molecule has 2 aromatic rings. The number of hydrogen-bond acceptors (Lipinski definition) is 4. The van der Waals surface area contributed by atoms with Crippen molar-refractivity contribution in [2.45, 2.75) is 12.5 Å². The first-order valence-electron chi connectivity index (χ1n) is 6.97. The van der Waals surface area contributed by atoms with Crippen molar-refractivity contribution < 1.29 is 5.11 Å². The summed E-state index contributed by atoms with van der Waals surface area (Å²) in [6, 6.07) is 16.1. The molecule has 1 N–H and O–H groups in total. The van der Waals surface area contributed by atoms with Gasteiger partial charge in [-0.15, -0.1) is 23.5 Å². The summed E-state index contributed by atoms with van der Waals surface area (Å²) >= 11 is 3.16. The number of hydrogen-bond donors (Lipinski definition) is 1. The molecule has 0 radical (unpaired) electrons. The highest BCUT2D eigenvalue weighted by Gasteiger charge is 2.34. The van der Waals surface area contributed by atoms with E-state index in [1.807, 2.05) is 55.0 Å². The van der Waals surface area contributed by atoms with Crippen LogP contribution in [0.1, 0.15) is 12.5 Å². The molecule has 0 amide bonds. The Morgan fingerprint density at radius 3 is 2.41 bits per heavy atom. The maximum absolute atomic E-state index is 11.2. The van der Waals surface area contributed by atoms with E-state index in [9.17, 15) is 10.4 Å². The molecule has 0 aromatic heterocycles. The van der Waals surface area contributed by atoms with Gasteiger partial charge in [0.1, 0.15) is 5.60 Å². The third-order valence-electron chi connectivity index (χ3n) is 3.81. The molecule has 0 heterocycles. The van der Waals surface area contributed by atoms with Crippen LogP contribution in [0.15, 0.2) is 52.8 Å². The first-order valence-corrected chi connectivity index (χ1v) is 9.42. The van der Waals surface area contributed by atoms with E-state index in [0.29, 0.717) is 0 Å². The Bertz CT molecular complexity index is 729. The lowest BCUT2D eigenvalue weighted by atomic mass is 9.82. The second-order valence-corrected chi connectivity index (χ2v) is 7.06. The molecule has 2 rings (SSSR count). The van der Waals surface area contributed by atoms with Crippen molar-refractivity contribution in [3.8, 4) is 6.07 Å². The number of thioether (sulfide) groups is 2. The van der Waals surface area contributed by atoms with Crippen LogP contribution < -0.4 is 0 Å². The molecule has 0 saturated heterocycles. The Morgan fingerprint density at radius 2 is 1.82 bits per heavy atom. The second-order valence-electron chi connectivity index (χ2n) is 5.11. The zero-order valence-electron chi connectivity index (χ0n) is 12.9. The Kier molecular flexibility index (Phi) is 5.57. The van der Waals surface area contributed by atoms with Crippen molar-refractivity contribution in [3.63, 3.8) is 0 Å². The molecule has 22 heavy (non-hydrogen) atoms. The van der Waals surface area contributed by atoms with Crippen molar-refractivity contribution in [2.24, 2.45) is 5.92 Å². The Morgan fingerprint density at radius 1 is 1.18 bits per heavy atom. The molecule has 0 aliphatic rings. The van der Waals surface area contributed by atoms with Gasteiger partial charge in [-0.2, -0.15) is 5.26 Å². The first kappa shape index (κ1) is 17.0. The Hall–Kier alpha value is -1.41. The summed E-state index contributed by atoms with van der Waals surface area (Å²) in [6.07, 6.45) is 5.75. The van der Waals surface area contributed by atoms with Crippen molar-refractivity contribution in [1.82, 2.24) is 0 Å². The van der Waals surface area contributed by atoms with Gasteiger partial charge in [0.2, 0.25) is 0 Å². The predicted octanol–water partition coefficient (Wildman–Crippen LogP) is 4.75. The summed E-state index contributed by atoms with van der Waals surface area (Å²) in [7, 11) is 0. The highest BCUT2D eigenvalue weighted by molar-refractivity contribution is 8.21. The molecule has 2 atom stereocenters. The van der Waals surface area contributed by atoms with Crippen LogP contribution >= 0.6 is 23.5 Å². The third-order valence-corrected chi connectivity index (χ3v) is 5.85. The molecule has 2 nitrogen and oxygen atoms in total. The first-order chi connectivity index (χ1) is 10.5. The van der Waals surface area contributed by atoms with Crippen LogP contribution in [0.4, 0.5) is 0 Å². The van der Waals surface area contributed by atoms with Crippen molar-refractivity contribution >= 4 is 34.3 Å². The fourth-order valence-corrected chi connectivity index (χ4v) is 3.64. The minimum absolute atomic E-state index is 0.539. The number of rotatable bonds is 5. The van der Waals surface area contributed by atoms with Gasteiger partial charge in [0, 0.05) is 4.24 Å². The monoisotopic (exact) mass is 329 g/mol. The minimum Gasteiger partial charge on any atom is -0.380 e. The van der Waals surface area contributed by atoms with Crippen LogP contribution in [0.3, 0.4) is 0 Å². The Labute approximate surface area is 140 Å². The number of nitriles is 1. The lowest BCUT2D eigenvalue weighted by Gasteiger charge is -2.29. The van der Waals surface area contributed by atoms with Crippen molar-refractivity contribution in [1.29, 1.82) is 5.26 Å². The zero-order valence-corrected chi connectivity index (χ0v) is 14.5. The van der Waals surface area contributed by atoms with Crippen LogP contribution in [-0.2, 0) is 5.60 Å². The summed E-state index contributed by atoms with van der Waals surface area (Å²) in [4.78, 5) is 0. The van der Waals surface area contributed by atoms with Crippen LogP contribution in [0.25, 0.3) is 10.8 Å². The molecule has 2 unspecified atom stereocenters. The maximum atomic E-state index is 11.2. The van der Waals surface area contributed by atoms with E-state index in [1.165, 1.54) is 0 Å². The molecule has 114 valence electrons. The van der Waals surface area contributed by atoms with E-state index in [0.717, 1.165) is 20.6 Å². The number of nitrogens with zero attached hydrogens (tertiary/aromatic N) is 1. The van der Waals surface area contributed by atoms with Gasteiger partial charge in [-0.05, 0) is 47.9 Å². The molecule has 0 aliphatic heterocycles. The predicted molar refractivity (Wildman–Crippen MR) is 97.7 cm³/mol. The van der Waals surface area contributed by atoms with Crippen LogP contribution in [0.2, 0.25) is 0 Å². The van der Waals surface area contributed by atoms with Gasteiger partial charge in [0.25, 0.3) is 0 Å². The molecular weight excluding hydrogens is 310 g/mol. The standard InChI is InChI=1S/C18H19NOS2/c1-13(12-19)18(20,11-17(21-2)22-3)16-9-8-14-6-4-5-7-15(14)10-16/h4-11,13,20H,1-3H3. The van der Waals surface area contributed by atoms with E-state index in [1.54, 1.807) is 36.5 Å².